The first-order valence-electron chi connectivity index (χ1n) is 7.75. The molecule has 0 aliphatic carbocycles. The third-order valence-electron chi connectivity index (χ3n) is 3.72. The molecule has 1 atom stereocenters. The number of carbonyl (C=O) groups is 1. The van der Waals surface area contributed by atoms with Gasteiger partial charge < -0.3 is 20.5 Å². The minimum absolute atomic E-state index is 0.168. The minimum atomic E-state index is -0.471. The van der Waals surface area contributed by atoms with Crippen LogP contribution < -0.4 is 11.1 Å². The van der Waals surface area contributed by atoms with Crippen molar-refractivity contribution in [2.24, 2.45) is 11.7 Å². The predicted molar refractivity (Wildman–Crippen MR) is 83.3 cm³/mol. The van der Waals surface area contributed by atoms with E-state index in [1.807, 2.05) is 20.8 Å². The van der Waals surface area contributed by atoms with Crippen LogP contribution in [-0.4, -0.2) is 62.5 Å². The van der Waals surface area contributed by atoms with E-state index in [0.717, 1.165) is 32.5 Å². The van der Waals surface area contributed by atoms with Gasteiger partial charge in [0.05, 0.1) is 0 Å². The van der Waals surface area contributed by atoms with E-state index in [-0.39, 0.29) is 12.1 Å². The van der Waals surface area contributed by atoms with Gasteiger partial charge in [-0.05, 0) is 52.6 Å². The van der Waals surface area contributed by atoms with Gasteiger partial charge >= 0.3 is 6.09 Å². The van der Waals surface area contributed by atoms with Gasteiger partial charge in [-0.25, -0.2) is 4.79 Å². The van der Waals surface area contributed by atoms with Crippen LogP contribution in [0, 0.1) is 5.92 Å². The van der Waals surface area contributed by atoms with Crippen molar-refractivity contribution in [3.8, 4) is 0 Å². The number of nitrogens with two attached hydrogens (primary N) is 1. The van der Waals surface area contributed by atoms with E-state index >= 15 is 0 Å². The van der Waals surface area contributed by atoms with Gasteiger partial charge in [-0.15, -0.1) is 0 Å². The van der Waals surface area contributed by atoms with Crippen molar-refractivity contribution < 1.29 is 14.3 Å². The number of ether oxygens (including phenoxy) is 2. The fourth-order valence-corrected chi connectivity index (χ4v) is 2.60. The molecule has 0 saturated carbocycles. The topological polar surface area (TPSA) is 76.8 Å². The first kappa shape index (κ1) is 18.2. The molecule has 0 bridgehead atoms. The maximum Gasteiger partial charge on any atom is 0.407 e. The van der Waals surface area contributed by atoms with Crippen molar-refractivity contribution in [1.29, 1.82) is 0 Å². The van der Waals surface area contributed by atoms with Crippen LogP contribution in [-0.2, 0) is 9.47 Å². The van der Waals surface area contributed by atoms with Crippen molar-refractivity contribution in [1.82, 2.24) is 10.2 Å². The standard InChI is InChI=1S/C15H31N3O3/c1-15(2,3)21-14(19)17-10-13(9-16)18-7-5-12(6-8-18)11-20-4/h12-13H,5-11,16H2,1-4H3,(H,17,19). The molecule has 1 saturated heterocycles. The average Bonchev–Trinajstić information content (AvgIpc) is 2.39. The van der Waals surface area contributed by atoms with Crippen molar-refractivity contribution in [2.75, 3.05) is 39.9 Å². The lowest BCUT2D eigenvalue weighted by atomic mass is 9.96. The van der Waals surface area contributed by atoms with E-state index in [1.54, 1.807) is 7.11 Å². The largest absolute Gasteiger partial charge is 0.444 e. The quantitative estimate of drug-likeness (QED) is 0.771. The summed E-state index contributed by atoms with van der Waals surface area (Å²) in [5.74, 6) is 0.642. The van der Waals surface area contributed by atoms with Crippen LogP contribution in [0.2, 0.25) is 0 Å². The fourth-order valence-electron chi connectivity index (χ4n) is 2.60. The number of carbonyl (C=O) groups excluding carboxylic acids is 1. The molecule has 0 aromatic heterocycles. The Kier molecular flexibility index (Phi) is 7.42. The maximum absolute atomic E-state index is 11.7. The highest BCUT2D eigenvalue weighted by atomic mass is 16.6. The Hall–Kier alpha value is -0.850. The van der Waals surface area contributed by atoms with Crippen LogP contribution in [0.15, 0.2) is 0 Å². The molecule has 0 spiro atoms. The molecule has 1 aliphatic rings. The molecule has 124 valence electrons. The Morgan fingerprint density at radius 3 is 2.48 bits per heavy atom. The average molecular weight is 301 g/mol. The zero-order valence-corrected chi connectivity index (χ0v) is 13.9. The summed E-state index contributed by atoms with van der Waals surface area (Å²) >= 11 is 0. The summed E-state index contributed by atoms with van der Waals surface area (Å²) in [6.07, 6.45) is 1.86. The Bertz CT molecular complexity index is 310. The van der Waals surface area contributed by atoms with Gasteiger partial charge in [0.1, 0.15) is 5.60 Å². The van der Waals surface area contributed by atoms with Crippen LogP contribution >= 0.6 is 0 Å². The smallest absolute Gasteiger partial charge is 0.407 e. The maximum atomic E-state index is 11.7. The summed E-state index contributed by atoms with van der Waals surface area (Å²) < 4.78 is 10.5. The highest BCUT2D eigenvalue weighted by Gasteiger charge is 2.25. The van der Waals surface area contributed by atoms with Crippen LogP contribution in [0.25, 0.3) is 0 Å². The normalized spacial score (nSPS) is 19.3. The van der Waals surface area contributed by atoms with E-state index in [0.29, 0.717) is 19.0 Å². The fraction of sp³-hybridized carbons (Fsp3) is 0.933. The lowest BCUT2D eigenvalue weighted by Crippen LogP contribution is -2.51. The number of amides is 1. The number of rotatable bonds is 6. The molecule has 21 heavy (non-hydrogen) atoms. The van der Waals surface area contributed by atoms with Gasteiger partial charge in [0.25, 0.3) is 0 Å². The summed E-state index contributed by atoms with van der Waals surface area (Å²) in [6, 6.07) is 0.168. The molecular formula is C15H31N3O3. The number of hydrogen-bond donors (Lipinski definition) is 2. The van der Waals surface area contributed by atoms with Crippen molar-refractivity contribution >= 4 is 6.09 Å². The summed E-state index contributed by atoms with van der Waals surface area (Å²) in [7, 11) is 1.75. The predicted octanol–water partition coefficient (Wildman–Crippen LogP) is 1.20. The van der Waals surface area contributed by atoms with Gasteiger partial charge in [0.15, 0.2) is 0 Å². The zero-order valence-electron chi connectivity index (χ0n) is 13.9. The summed E-state index contributed by atoms with van der Waals surface area (Å²) in [6.45, 7) is 9.47. The third kappa shape index (κ3) is 7.11. The van der Waals surface area contributed by atoms with E-state index in [2.05, 4.69) is 10.2 Å². The zero-order chi connectivity index (χ0) is 15.9. The van der Waals surface area contributed by atoms with E-state index in [4.69, 9.17) is 15.2 Å². The lowest BCUT2D eigenvalue weighted by molar-refractivity contribution is 0.0484. The van der Waals surface area contributed by atoms with E-state index in [1.165, 1.54) is 0 Å². The lowest BCUT2D eigenvalue weighted by Gasteiger charge is -2.37. The molecular weight excluding hydrogens is 270 g/mol. The van der Waals surface area contributed by atoms with Crippen molar-refractivity contribution in [2.45, 2.75) is 45.3 Å². The number of alkyl carbamates (subject to hydrolysis) is 1. The van der Waals surface area contributed by atoms with Crippen molar-refractivity contribution in [3.05, 3.63) is 0 Å². The molecule has 6 nitrogen and oxygen atoms in total. The Balaban J connectivity index is 2.33. The molecule has 1 aliphatic heterocycles. The van der Waals surface area contributed by atoms with Crippen molar-refractivity contribution in [3.63, 3.8) is 0 Å². The first-order chi connectivity index (χ1) is 9.85. The summed E-state index contributed by atoms with van der Waals surface area (Å²) in [5, 5.41) is 2.82. The second-order valence-electron chi connectivity index (χ2n) is 6.71. The van der Waals surface area contributed by atoms with Crippen LogP contribution in [0.3, 0.4) is 0 Å². The Morgan fingerprint density at radius 1 is 1.38 bits per heavy atom. The van der Waals surface area contributed by atoms with Gasteiger partial charge in [0.2, 0.25) is 0 Å². The molecule has 1 rings (SSSR count). The van der Waals surface area contributed by atoms with Gasteiger partial charge in [-0.2, -0.15) is 0 Å². The van der Waals surface area contributed by atoms with Gasteiger partial charge in [-0.1, -0.05) is 0 Å². The summed E-state index contributed by atoms with van der Waals surface area (Å²) in [5.41, 5.74) is 5.38. The molecule has 0 aromatic carbocycles. The highest BCUT2D eigenvalue weighted by molar-refractivity contribution is 5.67. The SMILES string of the molecule is COCC1CCN(C(CN)CNC(=O)OC(C)(C)C)CC1. The van der Waals surface area contributed by atoms with Crippen LogP contribution in [0.5, 0.6) is 0 Å². The van der Waals surface area contributed by atoms with Crippen LogP contribution in [0.1, 0.15) is 33.6 Å². The molecule has 0 radical (unpaired) electrons. The van der Waals surface area contributed by atoms with Crippen LogP contribution in [0.4, 0.5) is 4.79 Å². The Labute approximate surface area is 128 Å². The number of nitrogens with one attached hydrogen (secondary N) is 1. The minimum Gasteiger partial charge on any atom is -0.444 e. The molecule has 3 N–H and O–H groups in total. The second-order valence-corrected chi connectivity index (χ2v) is 6.71. The third-order valence-corrected chi connectivity index (χ3v) is 3.72. The monoisotopic (exact) mass is 301 g/mol. The van der Waals surface area contributed by atoms with Gasteiger partial charge in [-0.3, -0.25) is 4.90 Å². The molecule has 1 fully saturated rings. The van der Waals surface area contributed by atoms with E-state index < -0.39 is 5.60 Å². The molecule has 0 aromatic rings. The van der Waals surface area contributed by atoms with E-state index in [9.17, 15) is 4.79 Å². The number of piperidine rings is 1. The van der Waals surface area contributed by atoms with Gasteiger partial charge in [0, 0.05) is 32.8 Å². The first-order valence-corrected chi connectivity index (χ1v) is 7.75. The Morgan fingerprint density at radius 2 is 2.00 bits per heavy atom. The number of nitrogens with zero attached hydrogens (tertiary/aromatic N) is 1. The molecule has 1 unspecified atom stereocenters. The number of likely N-dealkylation sites (tertiary alicyclic amines) is 1. The second kappa shape index (κ2) is 8.56. The highest BCUT2D eigenvalue weighted by Crippen LogP contribution is 2.18. The number of methoxy groups -OCH3 is 1. The molecule has 6 heteroatoms. The number of hydrogen-bond acceptors (Lipinski definition) is 5. The summed E-state index contributed by atoms with van der Waals surface area (Å²) in [4.78, 5) is 14.0. The molecule has 1 heterocycles. The molecule has 1 amide bonds.